The molecule has 2 aliphatic heterocycles. The maximum absolute atomic E-state index is 13.3. The van der Waals surface area contributed by atoms with Crippen molar-refractivity contribution in [2.75, 3.05) is 39.4 Å². The summed E-state index contributed by atoms with van der Waals surface area (Å²) in [6.07, 6.45) is -3.93. The highest BCUT2D eigenvalue weighted by molar-refractivity contribution is 6.32. The molecule has 6 nitrogen and oxygen atoms in total. The fourth-order valence-corrected chi connectivity index (χ4v) is 4.00. The Morgan fingerprint density at radius 1 is 0.906 bits per heavy atom. The average Bonchev–Trinajstić information content (AvgIpc) is 3.03. The van der Waals surface area contributed by atoms with Crippen molar-refractivity contribution >= 4 is 23.4 Å². The van der Waals surface area contributed by atoms with Gasteiger partial charge in [-0.3, -0.25) is 9.59 Å². The Morgan fingerprint density at radius 3 is 2.22 bits per heavy atom. The molecule has 0 aliphatic carbocycles. The standard InChI is InChI=1S/C22H20ClF3N2O4/c23-17-12-14(13-18-19(17)32-11-3-10-31-18)20(29)27-6-8-28(9-7-27)21(30)15-4-1-2-5-16(15)22(24,25)26/h1-2,4-5,12-13H,3,6-11H2. The lowest BCUT2D eigenvalue weighted by atomic mass is 10.1. The number of amides is 2. The maximum atomic E-state index is 13.3. The molecule has 1 saturated heterocycles. The van der Waals surface area contributed by atoms with Gasteiger partial charge in [0.1, 0.15) is 0 Å². The van der Waals surface area contributed by atoms with E-state index in [-0.39, 0.29) is 37.1 Å². The minimum atomic E-state index is -4.62. The third-order valence-corrected chi connectivity index (χ3v) is 5.65. The maximum Gasteiger partial charge on any atom is 0.417 e. The summed E-state index contributed by atoms with van der Waals surface area (Å²) < 4.78 is 51.0. The van der Waals surface area contributed by atoms with E-state index in [1.807, 2.05) is 0 Å². The highest BCUT2D eigenvalue weighted by Gasteiger charge is 2.36. The molecule has 4 rings (SSSR count). The lowest BCUT2D eigenvalue weighted by Gasteiger charge is -2.35. The molecule has 32 heavy (non-hydrogen) atoms. The van der Waals surface area contributed by atoms with Crippen LogP contribution in [-0.4, -0.2) is 61.0 Å². The van der Waals surface area contributed by atoms with Crippen molar-refractivity contribution in [1.29, 1.82) is 0 Å². The van der Waals surface area contributed by atoms with Gasteiger partial charge in [0.15, 0.2) is 11.5 Å². The van der Waals surface area contributed by atoms with Gasteiger partial charge in [-0.2, -0.15) is 13.2 Å². The number of alkyl halides is 3. The quantitative estimate of drug-likeness (QED) is 0.665. The van der Waals surface area contributed by atoms with Crippen molar-refractivity contribution in [3.8, 4) is 11.5 Å². The zero-order valence-electron chi connectivity index (χ0n) is 17.0. The number of fused-ring (bicyclic) bond motifs is 1. The number of rotatable bonds is 2. The number of carbonyl (C=O) groups excluding carboxylic acids is 2. The van der Waals surface area contributed by atoms with E-state index in [0.29, 0.717) is 36.7 Å². The van der Waals surface area contributed by atoms with E-state index < -0.39 is 23.2 Å². The minimum Gasteiger partial charge on any atom is -0.489 e. The van der Waals surface area contributed by atoms with Crippen molar-refractivity contribution in [2.45, 2.75) is 12.6 Å². The smallest absolute Gasteiger partial charge is 0.417 e. The van der Waals surface area contributed by atoms with E-state index in [0.717, 1.165) is 6.07 Å². The molecule has 2 aromatic rings. The van der Waals surface area contributed by atoms with Crippen LogP contribution in [0.1, 0.15) is 32.7 Å². The van der Waals surface area contributed by atoms with E-state index in [1.165, 1.54) is 34.1 Å². The van der Waals surface area contributed by atoms with Crippen LogP contribution < -0.4 is 9.47 Å². The van der Waals surface area contributed by atoms with Crippen molar-refractivity contribution in [3.63, 3.8) is 0 Å². The molecular weight excluding hydrogens is 449 g/mol. The fourth-order valence-electron chi connectivity index (χ4n) is 3.74. The van der Waals surface area contributed by atoms with Crippen molar-refractivity contribution in [1.82, 2.24) is 9.80 Å². The van der Waals surface area contributed by atoms with Gasteiger partial charge in [0.05, 0.1) is 29.4 Å². The van der Waals surface area contributed by atoms with Gasteiger partial charge in [-0.05, 0) is 24.3 Å². The molecule has 0 aromatic heterocycles. The third-order valence-electron chi connectivity index (χ3n) is 5.37. The molecule has 0 bridgehead atoms. The summed E-state index contributed by atoms with van der Waals surface area (Å²) in [5.41, 5.74) is -1.04. The number of hydrogen-bond donors (Lipinski definition) is 0. The second-order valence-electron chi connectivity index (χ2n) is 7.46. The lowest BCUT2D eigenvalue weighted by molar-refractivity contribution is -0.138. The van der Waals surface area contributed by atoms with Gasteiger partial charge in [0.2, 0.25) is 0 Å². The van der Waals surface area contributed by atoms with Crippen molar-refractivity contribution in [2.24, 2.45) is 0 Å². The van der Waals surface area contributed by atoms with Crippen molar-refractivity contribution in [3.05, 3.63) is 58.1 Å². The number of ether oxygens (including phenoxy) is 2. The molecule has 10 heteroatoms. The van der Waals surface area contributed by atoms with Gasteiger partial charge in [-0.25, -0.2) is 0 Å². The zero-order chi connectivity index (χ0) is 22.9. The minimum absolute atomic E-state index is 0.120. The molecule has 0 N–H and O–H groups in total. The van der Waals surface area contributed by atoms with Crippen LogP contribution in [0.3, 0.4) is 0 Å². The normalized spacial score (nSPS) is 16.5. The molecule has 2 amide bonds. The number of nitrogens with zero attached hydrogens (tertiary/aromatic N) is 2. The molecule has 0 spiro atoms. The van der Waals surface area contributed by atoms with E-state index >= 15 is 0 Å². The highest BCUT2D eigenvalue weighted by Crippen LogP contribution is 2.38. The molecular formula is C22H20ClF3N2O4. The molecule has 0 unspecified atom stereocenters. The second-order valence-corrected chi connectivity index (χ2v) is 7.87. The molecule has 0 atom stereocenters. The number of benzene rings is 2. The fraction of sp³-hybridized carbons (Fsp3) is 0.364. The molecule has 170 valence electrons. The first kappa shape index (κ1) is 22.3. The summed E-state index contributed by atoms with van der Waals surface area (Å²) in [5, 5.41) is 0.269. The summed E-state index contributed by atoms with van der Waals surface area (Å²) in [6, 6.07) is 7.79. The van der Waals surface area contributed by atoms with Crippen LogP contribution in [0.25, 0.3) is 0 Å². The van der Waals surface area contributed by atoms with Crippen LogP contribution in [0.15, 0.2) is 36.4 Å². The van der Waals surface area contributed by atoms with Gasteiger partial charge in [-0.1, -0.05) is 23.7 Å². The summed E-state index contributed by atoms with van der Waals surface area (Å²) in [7, 11) is 0. The first-order chi connectivity index (χ1) is 15.3. The third kappa shape index (κ3) is 4.48. The summed E-state index contributed by atoms with van der Waals surface area (Å²) in [6.45, 7) is 1.52. The highest BCUT2D eigenvalue weighted by atomic mass is 35.5. The van der Waals surface area contributed by atoms with Crippen LogP contribution in [0.5, 0.6) is 11.5 Å². The van der Waals surface area contributed by atoms with Gasteiger partial charge >= 0.3 is 6.18 Å². The largest absolute Gasteiger partial charge is 0.489 e. The van der Waals surface area contributed by atoms with Crippen molar-refractivity contribution < 1.29 is 32.2 Å². The van der Waals surface area contributed by atoms with E-state index in [1.54, 1.807) is 6.07 Å². The monoisotopic (exact) mass is 468 g/mol. The first-order valence-corrected chi connectivity index (χ1v) is 10.5. The molecule has 0 radical (unpaired) electrons. The predicted molar refractivity (Wildman–Crippen MR) is 110 cm³/mol. The van der Waals surface area contributed by atoms with Gasteiger partial charge in [0, 0.05) is 38.2 Å². The lowest BCUT2D eigenvalue weighted by Crippen LogP contribution is -2.50. The molecule has 2 heterocycles. The first-order valence-electron chi connectivity index (χ1n) is 10.1. The van der Waals surface area contributed by atoms with Gasteiger partial charge < -0.3 is 19.3 Å². The Bertz CT molecular complexity index is 1040. The van der Waals surface area contributed by atoms with E-state index in [2.05, 4.69) is 0 Å². The molecule has 2 aliphatic rings. The second kappa shape index (κ2) is 8.90. The number of hydrogen-bond acceptors (Lipinski definition) is 4. The Hall–Kier alpha value is -2.94. The molecule has 0 saturated carbocycles. The topological polar surface area (TPSA) is 59.1 Å². The van der Waals surface area contributed by atoms with Crippen LogP contribution in [0.4, 0.5) is 13.2 Å². The Kier molecular flexibility index (Phi) is 6.19. The van der Waals surface area contributed by atoms with E-state index in [4.69, 9.17) is 21.1 Å². The van der Waals surface area contributed by atoms with Gasteiger partial charge in [-0.15, -0.1) is 0 Å². The van der Waals surface area contributed by atoms with Crippen LogP contribution in [0.2, 0.25) is 5.02 Å². The van der Waals surface area contributed by atoms with Gasteiger partial charge in [0.25, 0.3) is 11.8 Å². The summed E-state index contributed by atoms with van der Waals surface area (Å²) >= 11 is 6.27. The Balaban J connectivity index is 1.46. The summed E-state index contributed by atoms with van der Waals surface area (Å²) in [5.74, 6) is -0.204. The predicted octanol–water partition coefficient (Wildman–Crippen LogP) is 4.12. The zero-order valence-corrected chi connectivity index (χ0v) is 17.7. The average molecular weight is 469 g/mol. The van der Waals surface area contributed by atoms with E-state index in [9.17, 15) is 22.8 Å². The SMILES string of the molecule is O=C(c1cc(Cl)c2c(c1)OCCCO2)N1CCN(C(=O)c2ccccc2C(F)(F)F)CC1. The number of piperazine rings is 1. The summed E-state index contributed by atoms with van der Waals surface area (Å²) in [4.78, 5) is 28.6. The number of carbonyl (C=O) groups is 2. The molecule has 2 aromatic carbocycles. The number of halogens is 4. The molecule has 1 fully saturated rings. The van der Waals surface area contributed by atoms with Crippen LogP contribution >= 0.6 is 11.6 Å². The Morgan fingerprint density at radius 2 is 1.53 bits per heavy atom. The van der Waals surface area contributed by atoms with Crippen LogP contribution in [-0.2, 0) is 6.18 Å². The Labute approximate surface area is 187 Å². The van der Waals surface area contributed by atoms with Crippen LogP contribution in [0, 0.1) is 0 Å².